The highest BCUT2D eigenvalue weighted by atomic mass is 35.5. The van der Waals surface area contributed by atoms with Crippen molar-refractivity contribution in [1.29, 1.82) is 0 Å². The Hall–Kier alpha value is -1.51. The fourth-order valence-electron chi connectivity index (χ4n) is 2.05. The van der Waals surface area contributed by atoms with Gasteiger partial charge in [0.05, 0.1) is 0 Å². The number of benzene rings is 2. The lowest BCUT2D eigenvalue weighted by Crippen LogP contribution is -2.07. The van der Waals surface area contributed by atoms with E-state index in [1.165, 1.54) is 11.3 Å². The summed E-state index contributed by atoms with van der Waals surface area (Å²) in [6.07, 6.45) is 0. The number of anilines is 1. The molecule has 2 nitrogen and oxygen atoms in total. The quantitative estimate of drug-likeness (QED) is 0.912. The minimum Gasteiger partial charge on any atom is -0.378 e. The summed E-state index contributed by atoms with van der Waals surface area (Å²) in [6, 6.07) is 14.6. The SMILES string of the molecule is CNCc1ccc(-c2ccc(N(C)C)cc2)c(Cl)c1. The molecule has 0 amide bonds. The molecule has 0 atom stereocenters. The summed E-state index contributed by atoms with van der Waals surface area (Å²) in [7, 11) is 6.00. The fraction of sp³-hybridized carbons (Fsp3) is 0.250. The minimum atomic E-state index is 0.797. The third kappa shape index (κ3) is 3.28. The van der Waals surface area contributed by atoms with E-state index < -0.39 is 0 Å². The molecule has 0 saturated heterocycles. The summed E-state index contributed by atoms with van der Waals surface area (Å²) in [6.45, 7) is 0.833. The zero-order valence-electron chi connectivity index (χ0n) is 11.6. The van der Waals surface area contributed by atoms with Crippen LogP contribution in [0.2, 0.25) is 5.02 Å². The topological polar surface area (TPSA) is 15.3 Å². The van der Waals surface area contributed by atoms with Crippen molar-refractivity contribution in [3.63, 3.8) is 0 Å². The van der Waals surface area contributed by atoms with Crippen LogP contribution >= 0.6 is 11.6 Å². The van der Waals surface area contributed by atoms with Crippen molar-refractivity contribution in [3.8, 4) is 11.1 Å². The lowest BCUT2D eigenvalue weighted by atomic mass is 10.0. The van der Waals surface area contributed by atoms with Gasteiger partial charge in [0.25, 0.3) is 0 Å². The summed E-state index contributed by atoms with van der Waals surface area (Å²) in [5.74, 6) is 0. The van der Waals surface area contributed by atoms with Crippen LogP contribution in [0.4, 0.5) is 5.69 Å². The van der Waals surface area contributed by atoms with Gasteiger partial charge in [-0.2, -0.15) is 0 Å². The molecule has 0 heterocycles. The maximum atomic E-state index is 6.36. The standard InChI is InChI=1S/C16H19ClN2/c1-18-11-12-4-9-15(16(17)10-12)13-5-7-14(8-6-13)19(2)3/h4-10,18H,11H2,1-3H3. The van der Waals surface area contributed by atoms with Crippen molar-refractivity contribution < 1.29 is 0 Å². The second-order valence-electron chi connectivity index (χ2n) is 4.79. The van der Waals surface area contributed by atoms with Gasteiger partial charge in [-0.15, -0.1) is 0 Å². The van der Waals surface area contributed by atoms with Crippen molar-refractivity contribution in [2.24, 2.45) is 0 Å². The normalized spacial score (nSPS) is 10.5. The molecule has 2 aromatic carbocycles. The zero-order chi connectivity index (χ0) is 13.8. The van der Waals surface area contributed by atoms with Gasteiger partial charge in [0.15, 0.2) is 0 Å². The number of halogens is 1. The summed E-state index contributed by atoms with van der Waals surface area (Å²) >= 11 is 6.36. The van der Waals surface area contributed by atoms with Gasteiger partial charge < -0.3 is 10.2 Å². The molecule has 0 radical (unpaired) electrons. The van der Waals surface area contributed by atoms with Crippen LogP contribution in [0.15, 0.2) is 42.5 Å². The molecule has 0 fully saturated rings. The second-order valence-corrected chi connectivity index (χ2v) is 5.19. The predicted octanol–water partition coefficient (Wildman–Crippen LogP) is 3.79. The highest BCUT2D eigenvalue weighted by Gasteiger charge is 2.05. The molecular weight excluding hydrogens is 256 g/mol. The van der Waals surface area contributed by atoms with Crippen molar-refractivity contribution in [2.75, 3.05) is 26.0 Å². The smallest absolute Gasteiger partial charge is 0.0487 e. The maximum absolute atomic E-state index is 6.36. The molecule has 0 aliphatic carbocycles. The molecule has 0 saturated carbocycles. The summed E-state index contributed by atoms with van der Waals surface area (Å²) in [5, 5.41) is 3.92. The Labute approximate surface area is 120 Å². The Morgan fingerprint density at radius 3 is 2.26 bits per heavy atom. The van der Waals surface area contributed by atoms with Gasteiger partial charge in [0, 0.05) is 36.9 Å². The van der Waals surface area contributed by atoms with Gasteiger partial charge in [0.1, 0.15) is 0 Å². The van der Waals surface area contributed by atoms with Crippen LogP contribution in [0.1, 0.15) is 5.56 Å². The monoisotopic (exact) mass is 274 g/mol. The highest BCUT2D eigenvalue weighted by molar-refractivity contribution is 6.33. The minimum absolute atomic E-state index is 0.797. The largest absolute Gasteiger partial charge is 0.378 e. The van der Waals surface area contributed by atoms with Gasteiger partial charge in [-0.3, -0.25) is 0 Å². The number of nitrogens with one attached hydrogen (secondary N) is 1. The molecule has 3 heteroatoms. The molecule has 1 N–H and O–H groups in total. The summed E-state index contributed by atoms with van der Waals surface area (Å²) in [4.78, 5) is 2.08. The number of hydrogen-bond donors (Lipinski definition) is 1. The van der Waals surface area contributed by atoms with Gasteiger partial charge >= 0.3 is 0 Å². The first-order chi connectivity index (χ1) is 9.11. The van der Waals surface area contributed by atoms with E-state index in [2.05, 4.69) is 46.6 Å². The van der Waals surface area contributed by atoms with Gasteiger partial charge in [-0.05, 0) is 36.4 Å². The average Bonchev–Trinajstić information content (AvgIpc) is 2.39. The molecule has 19 heavy (non-hydrogen) atoms. The second kappa shape index (κ2) is 6.09. The lowest BCUT2D eigenvalue weighted by Gasteiger charge is -2.13. The molecule has 0 spiro atoms. The van der Waals surface area contributed by atoms with Crippen molar-refractivity contribution in [3.05, 3.63) is 53.1 Å². The summed E-state index contributed by atoms with van der Waals surface area (Å²) in [5.41, 5.74) is 4.60. The molecule has 0 aliphatic heterocycles. The van der Waals surface area contributed by atoms with E-state index in [-0.39, 0.29) is 0 Å². The van der Waals surface area contributed by atoms with Crippen LogP contribution in [-0.2, 0) is 6.54 Å². The number of nitrogens with zero attached hydrogens (tertiary/aromatic N) is 1. The van der Waals surface area contributed by atoms with Crippen LogP contribution in [0.5, 0.6) is 0 Å². The van der Waals surface area contributed by atoms with Crippen LogP contribution in [0.25, 0.3) is 11.1 Å². The molecule has 0 aromatic heterocycles. The Morgan fingerprint density at radius 2 is 1.74 bits per heavy atom. The van der Waals surface area contributed by atoms with E-state index in [1.807, 2.05) is 27.2 Å². The van der Waals surface area contributed by atoms with Crippen LogP contribution in [-0.4, -0.2) is 21.1 Å². The molecule has 0 unspecified atom stereocenters. The van der Waals surface area contributed by atoms with Crippen molar-refractivity contribution in [2.45, 2.75) is 6.54 Å². The Balaban J connectivity index is 2.31. The van der Waals surface area contributed by atoms with E-state index in [0.29, 0.717) is 0 Å². The maximum Gasteiger partial charge on any atom is 0.0487 e. The molecule has 100 valence electrons. The predicted molar refractivity (Wildman–Crippen MR) is 84.0 cm³/mol. The van der Waals surface area contributed by atoms with Crippen molar-refractivity contribution in [1.82, 2.24) is 5.32 Å². The number of hydrogen-bond acceptors (Lipinski definition) is 2. The van der Waals surface area contributed by atoms with E-state index in [0.717, 1.165) is 22.7 Å². The first-order valence-corrected chi connectivity index (χ1v) is 6.70. The molecular formula is C16H19ClN2. The van der Waals surface area contributed by atoms with Crippen LogP contribution in [0, 0.1) is 0 Å². The van der Waals surface area contributed by atoms with Gasteiger partial charge in [-0.25, -0.2) is 0 Å². The average molecular weight is 275 g/mol. The number of rotatable bonds is 4. The van der Waals surface area contributed by atoms with E-state index in [1.54, 1.807) is 0 Å². The van der Waals surface area contributed by atoms with Crippen LogP contribution in [0.3, 0.4) is 0 Å². The first kappa shape index (κ1) is 13.9. The zero-order valence-corrected chi connectivity index (χ0v) is 12.3. The van der Waals surface area contributed by atoms with E-state index in [4.69, 9.17) is 11.6 Å². The highest BCUT2D eigenvalue weighted by Crippen LogP contribution is 2.30. The lowest BCUT2D eigenvalue weighted by molar-refractivity contribution is 0.818. The van der Waals surface area contributed by atoms with E-state index in [9.17, 15) is 0 Å². The van der Waals surface area contributed by atoms with Crippen LogP contribution < -0.4 is 10.2 Å². The first-order valence-electron chi connectivity index (χ1n) is 6.32. The molecule has 0 aliphatic rings. The molecule has 2 aromatic rings. The van der Waals surface area contributed by atoms with Crippen molar-refractivity contribution >= 4 is 17.3 Å². The van der Waals surface area contributed by atoms with E-state index >= 15 is 0 Å². The molecule has 2 rings (SSSR count). The Morgan fingerprint density at radius 1 is 1.05 bits per heavy atom. The van der Waals surface area contributed by atoms with Gasteiger partial charge in [0.2, 0.25) is 0 Å². The van der Waals surface area contributed by atoms with Gasteiger partial charge in [-0.1, -0.05) is 35.9 Å². The Kier molecular flexibility index (Phi) is 4.46. The third-order valence-electron chi connectivity index (χ3n) is 3.11. The third-order valence-corrected chi connectivity index (χ3v) is 3.42. The fourth-order valence-corrected chi connectivity index (χ4v) is 2.36. The molecule has 0 bridgehead atoms. The Bertz CT molecular complexity index is 547. The summed E-state index contributed by atoms with van der Waals surface area (Å²) < 4.78 is 0.